The summed E-state index contributed by atoms with van der Waals surface area (Å²) >= 11 is 0. The summed E-state index contributed by atoms with van der Waals surface area (Å²) in [6.07, 6.45) is 2.50. The first kappa shape index (κ1) is 17.0. The Hall–Kier alpha value is -0.860. The van der Waals surface area contributed by atoms with Gasteiger partial charge in [-0.1, -0.05) is 52.0 Å². The van der Waals surface area contributed by atoms with Crippen LogP contribution in [0.15, 0.2) is 24.3 Å². The molecule has 1 aromatic carbocycles. The smallest absolute Gasteiger partial charge is 0.0887 e. The summed E-state index contributed by atoms with van der Waals surface area (Å²) in [6.45, 7) is 13.8. The van der Waals surface area contributed by atoms with Gasteiger partial charge in [0.15, 0.2) is 0 Å². The maximum absolute atomic E-state index is 6.15. The second-order valence-electron chi connectivity index (χ2n) is 9.36. The summed E-state index contributed by atoms with van der Waals surface area (Å²) in [5.74, 6) is 1.95. The van der Waals surface area contributed by atoms with Crippen LogP contribution in [0, 0.1) is 11.8 Å². The van der Waals surface area contributed by atoms with Crippen LogP contribution in [0.2, 0.25) is 0 Å². The standard InChI is InChI=1S/C21H33NO/c1-14-12-16(13-18-19(14)22(7)23-21(18,5)6)15-8-10-17(11-9-15)20(2,3)4/h8-11,14,16,18-19H,12-13H2,1-7H3. The molecule has 2 heteroatoms. The summed E-state index contributed by atoms with van der Waals surface area (Å²) < 4.78 is 0. The van der Waals surface area contributed by atoms with Crippen molar-refractivity contribution in [2.75, 3.05) is 7.05 Å². The van der Waals surface area contributed by atoms with Crippen molar-refractivity contribution in [1.29, 1.82) is 0 Å². The van der Waals surface area contributed by atoms with Crippen LogP contribution >= 0.6 is 0 Å². The zero-order valence-electron chi connectivity index (χ0n) is 15.9. The van der Waals surface area contributed by atoms with Crippen molar-refractivity contribution in [3.63, 3.8) is 0 Å². The monoisotopic (exact) mass is 315 g/mol. The summed E-state index contributed by atoms with van der Waals surface area (Å²) in [5, 5.41) is 2.13. The van der Waals surface area contributed by atoms with Crippen molar-refractivity contribution in [1.82, 2.24) is 5.06 Å². The highest BCUT2D eigenvalue weighted by Gasteiger charge is 2.52. The molecule has 2 aliphatic rings. The molecule has 1 aliphatic carbocycles. The third-order valence-corrected chi connectivity index (χ3v) is 6.13. The van der Waals surface area contributed by atoms with E-state index in [-0.39, 0.29) is 11.0 Å². The van der Waals surface area contributed by atoms with Gasteiger partial charge in [-0.05, 0) is 55.1 Å². The van der Waals surface area contributed by atoms with E-state index in [1.54, 1.807) is 0 Å². The fourth-order valence-corrected chi connectivity index (χ4v) is 4.86. The van der Waals surface area contributed by atoms with E-state index in [9.17, 15) is 0 Å². The van der Waals surface area contributed by atoms with Gasteiger partial charge in [0.25, 0.3) is 0 Å². The van der Waals surface area contributed by atoms with Crippen LogP contribution in [0.3, 0.4) is 0 Å². The van der Waals surface area contributed by atoms with Crippen LogP contribution in [0.25, 0.3) is 0 Å². The van der Waals surface area contributed by atoms with Crippen LogP contribution in [0.1, 0.15) is 71.4 Å². The lowest BCUT2D eigenvalue weighted by Crippen LogP contribution is -2.42. The van der Waals surface area contributed by atoms with Crippen molar-refractivity contribution in [2.24, 2.45) is 11.8 Å². The Bertz CT molecular complexity index is 554. The van der Waals surface area contributed by atoms with E-state index in [1.165, 1.54) is 24.0 Å². The molecule has 1 aliphatic heterocycles. The molecule has 0 bridgehead atoms. The summed E-state index contributed by atoms with van der Waals surface area (Å²) in [4.78, 5) is 6.15. The molecule has 0 N–H and O–H groups in total. The molecule has 0 spiro atoms. The zero-order valence-corrected chi connectivity index (χ0v) is 15.9. The van der Waals surface area contributed by atoms with Gasteiger partial charge in [0.05, 0.1) is 5.60 Å². The van der Waals surface area contributed by atoms with Gasteiger partial charge in [-0.15, -0.1) is 0 Å². The molecular formula is C21H33NO. The van der Waals surface area contributed by atoms with Gasteiger partial charge in [-0.25, -0.2) is 0 Å². The predicted molar refractivity (Wildman–Crippen MR) is 96.5 cm³/mol. The molecule has 0 aromatic heterocycles. The Kier molecular flexibility index (Phi) is 4.13. The predicted octanol–water partition coefficient (Wildman–Crippen LogP) is 5.14. The molecule has 2 nitrogen and oxygen atoms in total. The van der Waals surface area contributed by atoms with Gasteiger partial charge in [-0.3, -0.25) is 4.84 Å². The summed E-state index contributed by atoms with van der Waals surface area (Å²) in [5.41, 5.74) is 3.12. The SMILES string of the molecule is CC1CC(c2ccc(C(C)(C)C)cc2)CC2C1N(C)OC2(C)C. The average Bonchev–Trinajstić information content (AvgIpc) is 2.68. The first-order valence-electron chi connectivity index (χ1n) is 9.12. The van der Waals surface area contributed by atoms with E-state index in [1.807, 2.05) is 0 Å². The van der Waals surface area contributed by atoms with E-state index < -0.39 is 0 Å². The van der Waals surface area contributed by atoms with Crippen molar-refractivity contribution < 1.29 is 4.84 Å². The number of hydroxylamine groups is 2. The number of rotatable bonds is 1. The van der Waals surface area contributed by atoms with Crippen LogP contribution in [0.5, 0.6) is 0 Å². The minimum absolute atomic E-state index is 0.0440. The highest BCUT2D eigenvalue weighted by atomic mass is 16.7. The van der Waals surface area contributed by atoms with Crippen molar-refractivity contribution >= 4 is 0 Å². The van der Waals surface area contributed by atoms with E-state index in [2.05, 4.69) is 77.9 Å². The summed E-state index contributed by atoms with van der Waals surface area (Å²) in [7, 11) is 2.11. The molecule has 4 atom stereocenters. The van der Waals surface area contributed by atoms with Gasteiger partial charge in [0, 0.05) is 19.0 Å². The third kappa shape index (κ3) is 3.08. The van der Waals surface area contributed by atoms with E-state index in [0.29, 0.717) is 23.8 Å². The molecule has 128 valence electrons. The molecule has 4 unspecified atom stereocenters. The van der Waals surface area contributed by atoms with Gasteiger partial charge in [0.1, 0.15) is 0 Å². The lowest BCUT2D eigenvalue weighted by Gasteiger charge is -2.40. The molecule has 3 rings (SSSR count). The van der Waals surface area contributed by atoms with Crippen LogP contribution < -0.4 is 0 Å². The maximum atomic E-state index is 6.15. The lowest BCUT2D eigenvalue weighted by atomic mass is 9.66. The largest absolute Gasteiger partial charge is 0.293 e. The average molecular weight is 316 g/mol. The third-order valence-electron chi connectivity index (χ3n) is 6.13. The fourth-order valence-electron chi connectivity index (χ4n) is 4.86. The molecular weight excluding hydrogens is 282 g/mol. The topological polar surface area (TPSA) is 12.5 Å². The number of hydrogen-bond acceptors (Lipinski definition) is 2. The molecule has 1 saturated heterocycles. The highest BCUT2D eigenvalue weighted by molar-refractivity contribution is 5.30. The van der Waals surface area contributed by atoms with Gasteiger partial charge in [0.2, 0.25) is 0 Å². The Morgan fingerprint density at radius 3 is 2.26 bits per heavy atom. The second kappa shape index (κ2) is 5.60. The normalized spacial score (nSPS) is 34.4. The first-order valence-corrected chi connectivity index (χ1v) is 9.12. The van der Waals surface area contributed by atoms with E-state index in [4.69, 9.17) is 4.84 Å². The van der Waals surface area contributed by atoms with Crippen molar-refractivity contribution in [2.45, 2.75) is 77.4 Å². The minimum Gasteiger partial charge on any atom is -0.293 e. The molecule has 0 amide bonds. The van der Waals surface area contributed by atoms with Gasteiger partial charge < -0.3 is 0 Å². The Morgan fingerprint density at radius 1 is 1.09 bits per heavy atom. The second-order valence-corrected chi connectivity index (χ2v) is 9.36. The molecule has 1 saturated carbocycles. The Balaban J connectivity index is 1.82. The molecule has 2 fully saturated rings. The zero-order chi connectivity index (χ0) is 17.0. The van der Waals surface area contributed by atoms with E-state index >= 15 is 0 Å². The van der Waals surface area contributed by atoms with Crippen LogP contribution in [-0.4, -0.2) is 23.8 Å². The maximum Gasteiger partial charge on any atom is 0.0887 e. The quantitative estimate of drug-likeness (QED) is 0.711. The van der Waals surface area contributed by atoms with Gasteiger partial charge >= 0.3 is 0 Å². The van der Waals surface area contributed by atoms with Gasteiger partial charge in [-0.2, -0.15) is 5.06 Å². The van der Waals surface area contributed by atoms with E-state index in [0.717, 1.165) is 0 Å². The molecule has 0 radical (unpaired) electrons. The number of nitrogens with zero attached hydrogens (tertiary/aromatic N) is 1. The van der Waals surface area contributed by atoms with Crippen molar-refractivity contribution in [3.05, 3.63) is 35.4 Å². The number of hydrogen-bond donors (Lipinski definition) is 0. The first-order chi connectivity index (χ1) is 10.6. The Labute approximate surface area is 142 Å². The molecule has 1 aromatic rings. The molecule has 1 heterocycles. The highest BCUT2D eigenvalue weighted by Crippen LogP contribution is 2.50. The van der Waals surface area contributed by atoms with Crippen molar-refractivity contribution in [3.8, 4) is 0 Å². The summed E-state index contributed by atoms with van der Waals surface area (Å²) in [6, 6.07) is 9.95. The fraction of sp³-hybridized carbons (Fsp3) is 0.714. The minimum atomic E-state index is -0.0440. The number of fused-ring (bicyclic) bond motifs is 1. The van der Waals surface area contributed by atoms with Crippen LogP contribution in [0.4, 0.5) is 0 Å². The Morgan fingerprint density at radius 2 is 1.70 bits per heavy atom. The number of benzene rings is 1. The molecule has 23 heavy (non-hydrogen) atoms. The lowest BCUT2D eigenvalue weighted by molar-refractivity contribution is -0.182. The van der Waals surface area contributed by atoms with Crippen LogP contribution in [-0.2, 0) is 10.3 Å².